The highest BCUT2D eigenvalue weighted by molar-refractivity contribution is 7.99. The Morgan fingerprint density at radius 1 is 1.40 bits per heavy atom. The third-order valence-electron chi connectivity index (χ3n) is 2.26. The van der Waals surface area contributed by atoms with Crippen molar-refractivity contribution in [3.8, 4) is 0 Å². The SMILES string of the molecule is CSCC(=O)c1cccc2cnccc12. The first kappa shape index (κ1) is 10.2. The number of ketones is 1. The topological polar surface area (TPSA) is 30.0 Å². The van der Waals surface area contributed by atoms with Gasteiger partial charge in [-0.25, -0.2) is 0 Å². The van der Waals surface area contributed by atoms with Crippen LogP contribution in [-0.2, 0) is 0 Å². The van der Waals surface area contributed by atoms with Gasteiger partial charge in [-0.15, -0.1) is 0 Å². The van der Waals surface area contributed by atoms with Gasteiger partial charge in [0.1, 0.15) is 0 Å². The van der Waals surface area contributed by atoms with Gasteiger partial charge in [0.15, 0.2) is 5.78 Å². The molecule has 2 rings (SSSR count). The van der Waals surface area contributed by atoms with Crippen LogP contribution in [0.3, 0.4) is 0 Å². The molecule has 0 saturated carbocycles. The standard InChI is InChI=1S/C12H11NOS/c1-15-8-12(14)11-4-2-3-9-7-13-6-5-10(9)11/h2-7H,8H2,1H3. The Labute approximate surface area is 92.7 Å². The molecule has 2 nitrogen and oxygen atoms in total. The summed E-state index contributed by atoms with van der Waals surface area (Å²) in [6.07, 6.45) is 5.44. The summed E-state index contributed by atoms with van der Waals surface area (Å²) in [4.78, 5) is 15.9. The Kier molecular flexibility index (Phi) is 3.02. The summed E-state index contributed by atoms with van der Waals surface area (Å²) in [6.45, 7) is 0. The fourth-order valence-electron chi connectivity index (χ4n) is 1.57. The van der Waals surface area contributed by atoms with Gasteiger partial charge in [0, 0.05) is 23.3 Å². The average Bonchev–Trinajstić information content (AvgIpc) is 2.28. The maximum Gasteiger partial charge on any atom is 0.173 e. The summed E-state index contributed by atoms with van der Waals surface area (Å²) in [7, 11) is 0. The molecule has 0 N–H and O–H groups in total. The van der Waals surface area contributed by atoms with Gasteiger partial charge >= 0.3 is 0 Å². The van der Waals surface area contributed by atoms with Crippen molar-refractivity contribution in [3.63, 3.8) is 0 Å². The molecule has 0 saturated heterocycles. The molecular formula is C12H11NOS. The molecule has 0 radical (unpaired) electrons. The Hall–Kier alpha value is -1.35. The number of benzene rings is 1. The zero-order chi connectivity index (χ0) is 10.7. The fraction of sp³-hybridized carbons (Fsp3) is 0.167. The number of carbonyl (C=O) groups is 1. The van der Waals surface area contributed by atoms with Crippen molar-refractivity contribution in [2.45, 2.75) is 0 Å². The van der Waals surface area contributed by atoms with Crippen molar-refractivity contribution >= 4 is 28.3 Å². The molecule has 0 spiro atoms. The van der Waals surface area contributed by atoms with Crippen LogP contribution in [0, 0.1) is 0 Å². The number of hydrogen-bond donors (Lipinski definition) is 0. The maximum atomic E-state index is 11.8. The molecule has 0 bridgehead atoms. The van der Waals surface area contributed by atoms with Gasteiger partial charge in [-0.05, 0) is 17.7 Å². The van der Waals surface area contributed by atoms with Crippen LogP contribution in [0.2, 0.25) is 0 Å². The van der Waals surface area contributed by atoms with Gasteiger partial charge in [0.25, 0.3) is 0 Å². The van der Waals surface area contributed by atoms with Gasteiger partial charge in [0.2, 0.25) is 0 Å². The number of rotatable bonds is 3. The van der Waals surface area contributed by atoms with Crippen molar-refractivity contribution in [1.82, 2.24) is 4.98 Å². The molecular weight excluding hydrogens is 206 g/mol. The summed E-state index contributed by atoms with van der Waals surface area (Å²) >= 11 is 1.55. The van der Waals surface area contributed by atoms with Gasteiger partial charge in [-0.3, -0.25) is 9.78 Å². The lowest BCUT2D eigenvalue weighted by molar-refractivity contribution is 0.102. The van der Waals surface area contributed by atoms with Gasteiger partial charge in [-0.1, -0.05) is 18.2 Å². The van der Waals surface area contributed by atoms with Crippen LogP contribution in [0.5, 0.6) is 0 Å². The van der Waals surface area contributed by atoms with Crippen LogP contribution in [0.4, 0.5) is 0 Å². The van der Waals surface area contributed by atoms with Gasteiger partial charge in [-0.2, -0.15) is 11.8 Å². The van der Waals surface area contributed by atoms with Crippen LogP contribution in [0.15, 0.2) is 36.7 Å². The Bertz CT molecular complexity index is 490. The number of aromatic nitrogens is 1. The zero-order valence-electron chi connectivity index (χ0n) is 8.43. The predicted octanol–water partition coefficient (Wildman–Crippen LogP) is 2.78. The molecule has 0 fully saturated rings. The average molecular weight is 217 g/mol. The van der Waals surface area contributed by atoms with E-state index in [9.17, 15) is 4.79 Å². The van der Waals surface area contributed by atoms with Crippen LogP contribution < -0.4 is 0 Å². The molecule has 0 atom stereocenters. The van der Waals surface area contributed by atoms with Crippen LogP contribution >= 0.6 is 11.8 Å². The van der Waals surface area contributed by atoms with E-state index in [2.05, 4.69) is 4.98 Å². The first-order valence-corrected chi connectivity index (χ1v) is 6.07. The highest BCUT2D eigenvalue weighted by Crippen LogP contribution is 2.18. The number of Topliss-reactive ketones (excluding diaryl/α,β-unsaturated/α-hetero) is 1. The minimum Gasteiger partial charge on any atom is -0.293 e. The zero-order valence-corrected chi connectivity index (χ0v) is 9.25. The number of nitrogens with zero attached hydrogens (tertiary/aromatic N) is 1. The molecule has 1 aromatic heterocycles. The Morgan fingerprint density at radius 3 is 3.07 bits per heavy atom. The number of fused-ring (bicyclic) bond motifs is 1. The summed E-state index contributed by atoms with van der Waals surface area (Å²) < 4.78 is 0. The molecule has 0 unspecified atom stereocenters. The smallest absolute Gasteiger partial charge is 0.173 e. The second-order valence-corrected chi connectivity index (χ2v) is 4.12. The van der Waals surface area contributed by atoms with Crippen molar-refractivity contribution < 1.29 is 4.79 Å². The molecule has 0 aliphatic rings. The van der Waals surface area contributed by atoms with Gasteiger partial charge < -0.3 is 0 Å². The molecule has 2 aromatic rings. The minimum atomic E-state index is 0.180. The third-order valence-corrected chi connectivity index (χ3v) is 2.81. The first-order valence-electron chi connectivity index (χ1n) is 4.68. The molecule has 3 heteroatoms. The van der Waals surface area contributed by atoms with Crippen molar-refractivity contribution in [2.24, 2.45) is 0 Å². The van der Waals surface area contributed by atoms with E-state index >= 15 is 0 Å². The second-order valence-electron chi connectivity index (χ2n) is 3.26. The number of hydrogen-bond acceptors (Lipinski definition) is 3. The van der Waals surface area contributed by atoms with E-state index in [1.807, 2.05) is 30.5 Å². The highest BCUT2D eigenvalue weighted by atomic mass is 32.2. The normalized spacial score (nSPS) is 10.5. The lowest BCUT2D eigenvalue weighted by Crippen LogP contribution is -2.02. The minimum absolute atomic E-state index is 0.180. The van der Waals surface area contributed by atoms with E-state index in [-0.39, 0.29) is 5.78 Å². The number of carbonyl (C=O) groups excluding carboxylic acids is 1. The van der Waals surface area contributed by atoms with Crippen LogP contribution in [-0.4, -0.2) is 22.8 Å². The van der Waals surface area contributed by atoms with Gasteiger partial charge in [0.05, 0.1) is 5.75 Å². The first-order chi connectivity index (χ1) is 7.33. The van der Waals surface area contributed by atoms with Crippen molar-refractivity contribution in [3.05, 3.63) is 42.2 Å². The van der Waals surface area contributed by atoms with E-state index < -0.39 is 0 Å². The fourth-order valence-corrected chi connectivity index (χ4v) is 1.99. The summed E-state index contributed by atoms with van der Waals surface area (Å²) in [5.41, 5.74) is 0.796. The van der Waals surface area contributed by atoms with Crippen molar-refractivity contribution in [2.75, 3.05) is 12.0 Å². The largest absolute Gasteiger partial charge is 0.293 e. The molecule has 76 valence electrons. The lowest BCUT2D eigenvalue weighted by atomic mass is 10.0. The second kappa shape index (κ2) is 4.45. The van der Waals surface area contributed by atoms with E-state index in [4.69, 9.17) is 0 Å². The third kappa shape index (κ3) is 2.02. The highest BCUT2D eigenvalue weighted by Gasteiger charge is 2.08. The molecule has 0 aliphatic carbocycles. The van der Waals surface area contributed by atoms with Crippen LogP contribution in [0.1, 0.15) is 10.4 Å². The number of thioether (sulfide) groups is 1. The lowest BCUT2D eigenvalue weighted by Gasteiger charge is -2.03. The van der Waals surface area contributed by atoms with E-state index in [0.717, 1.165) is 16.3 Å². The van der Waals surface area contributed by atoms with E-state index in [1.54, 1.807) is 24.2 Å². The van der Waals surface area contributed by atoms with Crippen molar-refractivity contribution in [1.29, 1.82) is 0 Å². The molecule has 0 amide bonds. The monoisotopic (exact) mass is 217 g/mol. The summed E-state index contributed by atoms with van der Waals surface area (Å²) in [6, 6.07) is 7.64. The maximum absolute atomic E-state index is 11.8. The Morgan fingerprint density at radius 2 is 2.27 bits per heavy atom. The molecule has 15 heavy (non-hydrogen) atoms. The quantitative estimate of drug-likeness (QED) is 0.740. The van der Waals surface area contributed by atoms with Crippen LogP contribution in [0.25, 0.3) is 10.8 Å². The summed E-state index contributed by atoms with van der Waals surface area (Å²) in [5, 5.41) is 2.01. The Balaban J connectivity index is 2.56. The molecule has 1 aromatic carbocycles. The number of pyridine rings is 1. The van der Waals surface area contributed by atoms with E-state index in [1.165, 1.54) is 0 Å². The molecule has 0 aliphatic heterocycles. The summed E-state index contributed by atoms with van der Waals surface area (Å²) in [5.74, 6) is 0.709. The molecule has 1 heterocycles. The predicted molar refractivity (Wildman–Crippen MR) is 64.5 cm³/mol. The van der Waals surface area contributed by atoms with E-state index in [0.29, 0.717) is 5.75 Å².